The van der Waals surface area contributed by atoms with Crippen molar-refractivity contribution in [2.75, 3.05) is 4.90 Å². The average molecular weight is 382 g/mol. The third kappa shape index (κ3) is 1.91. The number of pyridine rings is 1. The van der Waals surface area contributed by atoms with E-state index in [0.717, 1.165) is 9.37 Å². The highest BCUT2D eigenvalue weighted by Gasteiger charge is 2.37. The van der Waals surface area contributed by atoms with Gasteiger partial charge in [-0.3, -0.25) is 14.6 Å². The molecule has 2 heterocycles. The van der Waals surface area contributed by atoms with Crippen molar-refractivity contribution in [2.24, 2.45) is 0 Å². The van der Waals surface area contributed by atoms with Crippen LogP contribution < -0.4 is 4.90 Å². The number of nitrogens with zero attached hydrogens (tertiary/aromatic N) is 2. The van der Waals surface area contributed by atoms with Crippen molar-refractivity contribution >= 4 is 49.4 Å². The number of halogens is 2. The maximum Gasteiger partial charge on any atom is 0.266 e. The summed E-state index contributed by atoms with van der Waals surface area (Å²) in [5, 5.41) is 0. The molecule has 2 amide bonds. The van der Waals surface area contributed by atoms with E-state index in [-0.39, 0.29) is 11.8 Å². The first-order valence-corrected chi connectivity index (χ1v) is 6.96. The summed E-state index contributed by atoms with van der Waals surface area (Å²) in [4.78, 5) is 29.8. The molecule has 6 heteroatoms. The molecule has 94 valence electrons. The van der Waals surface area contributed by atoms with Gasteiger partial charge in [0.2, 0.25) is 0 Å². The third-order valence-corrected chi connectivity index (χ3v) is 3.94. The Bertz CT molecular complexity index is 716. The molecular formula is C13H6Br2N2O2. The molecule has 0 atom stereocenters. The Labute approximate surface area is 125 Å². The van der Waals surface area contributed by atoms with Gasteiger partial charge in [0.05, 0.1) is 21.3 Å². The van der Waals surface area contributed by atoms with Crippen LogP contribution in [-0.4, -0.2) is 16.8 Å². The van der Waals surface area contributed by atoms with Gasteiger partial charge in [0.25, 0.3) is 11.8 Å². The van der Waals surface area contributed by atoms with E-state index in [2.05, 4.69) is 36.8 Å². The number of imide groups is 1. The number of anilines is 1. The van der Waals surface area contributed by atoms with Gasteiger partial charge in [-0.15, -0.1) is 0 Å². The fourth-order valence-electron chi connectivity index (χ4n) is 1.98. The standard InChI is InChI=1S/C13H6Br2N2O2/c14-7-1-2-8-9(5-7)13(19)17(12(8)18)11-3-4-16-6-10(11)15/h1-6H. The number of amides is 2. The van der Waals surface area contributed by atoms with E-state index in [9.17, 15) is 9.59 Å². The lowest BCUT2D eigenvalue weighted by atomic mass is 10.1. The molecular weight excluding hydrogens is 376 g/mol. The summed E-state index contributed by atoms with van der Waals surface area (Å²) < 4.78 is 1.37. The van der Waals surface area contributed by atoms with Crippen molar-refractivity contribution < 1.29 is 9.59 Å². The molecule has 0 saturated heterocycles. The Morgan fingerprint density at radius 2 is 1.74 bits per heavy atom. The Balaban J connectivity index is 2.16. The van der Waals surface area contributed by atoms with Gasteiger partial charge in [-0.05, 0) is 40.2 Å². The fourth-order valence-corrected chi connectivity index (χ4v) is 2.77. The van der Waals surface area contributed by atoms with Gasteiger partial charge >= 0.3 is 0 Å². The van der Waals surface area contributed by atoms with Crippen LogP contribution in [0.5, 0.6) is 0 Å². The molecule has 1 aromatic heterocycles. The zero-order chi connectivity index (χ0) is 13.6. The van der Waals surface area contributed by atoms with Crippen molar-refractivity contribution in [1.29, 1.82) is 0 Å². The molecule has 2 aromatic rings. The molecule has 1 aromatic carbocycles. The smallest absolute Gasteiger partial charge is 0.266 e. The maximum atomic E-state index is 12.4. The minimum atomic E-state index is -0.326. The minimum absolute atomic E-state index is 0.320. The van der Waals surface area contributed by atoms with Crippen LogP contribution in [0.15, 0.2) is 45.6 Å². The van der Waals surface area contributed by atoms with E-state index in [4.69, 9.17) is 0 Å². The first-order valence-electron chi connectivity index (χ1n) is 5.37. The van der Waals surface area contributed by atoms with E-state index in [1.807, 2.05) is 0 Å². The second-order valence-corrected chi connectivity index (χ2v) is 5.73. The zero-order valence-electron chi connectivity index (χ0n) is 9.43. The Hall–Kier alpha value is -1.53. The van der Waals surface area contributed by atoms with Crippen molar-refractivity contribution in [2.45, 2.75) is 0 Å². The lowest BCUT2D eigenvalue weighted by Gasteiger charge is -2.14. The molecule has 0 fully saturated rings. The van der Waals surface area contributed by atoms with E-state index < -0.39 is 0 Å². The highest BCUT2D eigenvalue weighted by Crippen LogP contribution is 2.33. The molecule has 0 spiro atoms. The summed E-state index contributed by atoms with van der Waals surface area (Å²) in [6.45, 7) is 0. The molecule has 4 nitrogen and oxygen atoms in total. The number of hydrogen-bond acceptors (Lipinski definition) is 3. The summed E-state index contributed by atoms with van der Waals surface area (Å²) >= 11 is 6.60. The molecule has 0 saturated carbocycles. The van der Waals surface area contributed by atoms with Gasteiger partial charge in [0.1, 0.15) is 0 Å². The Morgan fingerprint density at radius 1 is 1.00 bits per heavy atom. The number of aromatic nitrogens is 1. The number of rotatable bonds is 1. The predicted octanol–water partition coefficient (Wildman–Crippen LogP) is 3.41. The van der Waals surface area contributed by atoms with Gasteiger partial charge in [-0.1, -0.05) is 15.9 Å². The number of fused-ring (bicyclic) bond motifs is 1. The van der Waals surface area contributed by atoms with E-state index in [0.29, 0.717) is 21.3 Å². The molecule has 1 aliphatic rings. The highest BCUT2D eigenvalue weighted by atomic mass is 79.9. The SMILES string of the molecule is O=C1c2ccc(Br)cc2C(=O)N1c1ccncc1Br. The second-order valence-electron chi connectivity index (χ2n) is 3.96. The lowest BCUT2D eigenvalue weighted by molar-refractivity contribution is 0.0926. The average Bonchev–Trinajstić information content (AvgIpc) is 2.63. The normalized spacial score (nSPS) is 13.9. The summed E-state index contributed by atoms with van der Waals surface area (Å²) in [5.74, 6) is -0.646. The quantitative estimate of drug-likeness (QED) is 0.711. The summed E-state index contributed by atoms with van der Waals surface area (Å²) in [7, 11) is 0. The van der Waals surface area contributed by atoms with Gasteiger partial charge < -0.3 is 0 Å². The molecule has 19 heavy (non-hydrogen) atoms. The first kappa shape index (κ1) is 12.5. The van der Waals surface area contributed by atoms with E-state index in [1.165, 1.54) is 0 Å². The van der Waals surface area contributed by atoms with Gasteiger partial charge in [0.15, 0.2) is 0 Å². The van der Waals surface area contributed by atoms with Gasteiger partial charge in [-0.25, -0.2) is 4.90 Å². The second kappa shape index (κ2) is 4.54. The maximum absolute atomic E-state index is 12.4. The fraction of sp³-hybridized carbons (Fsp3) is 0. The van der Waals surface area contributed by atoms with Crippen molar-refractivity contribution in [1.82, 2.24) is 4.98 Å². The molecule has 0 N–H and O–H groups in total. The largest absolute Gasteiger partial charge is 0.268 e. The zero-order valence-corrected chi connectivity index (χ0v) is 12.6. The monoisotopic (exact) mass is 380 g/mol. The Kier molecular flexibility index (Phi) is 2.99. The first-order chi connectivity index (χ1) is 9.09. The molecule has 0 bridgehead atoms. The van der Waals surface area contributed by atoms with Crippen LogP contribution in [0.25, 0.3) is 0 Å². The molecule has 0 radical (unpaired) electrons. The predicted molar refractivity (Wildman–Crippen MR) is 77.2 cm³/mol. The Morgan fingerprint density at radius 3 is 2.47 bits per heavy atom. The number of hydrogen-bond donors (Lipinski definition) is 0. The molecule has 0 unspecified atom stereocenters. The van der Waals surface area contributed by atoms with Crippen molar-refractivity contribution in [3.8, 4) is 0 Å². The van der Waals surface area contributed by atoms with Crippen LogP contribution in [0.1, 0.15) is 20.7 Å². The summed E-state index contributed by atoms with van der Waals surface area (Å²) in [6.07, 6.45) is 3.09. The minimum Gasteiger partial charge on any atom is -0.268 e. The number of carbonyl (C=O) groups excluding carboxylic acids is 2. The lowest BCUT2D eigenvalue weighted by Crippen LogP contribution is -2.29. The number of benzene rings is 1. The molecule has 1 aliphatic heterocycles. The van der Waals surface area contributed by atoms with Crippen LogP contribution in [0.4, 0.5) is 5.69 Å². The molecule has 0 aliphatic carbocycles. The van der Waals surface area contributed by atoms with Crippen LogP contribution in [0.2, 0.25) is 0 Å². The van der Waals surface area contributed by atoms with Gasteiger partial charge in [-0.2, -0.15) is 0 Å². The summed E-state index contributed by atoms with van der Waals surface area (Å²) in [6, 6.07) is 6.68. The van der Waals surface area contributed by atoms with Crippen LogP contribution in [0.3, 0.4) is 0 Å². The molecule has 3 rings (SSSR count). The van der Waals surface area contributed by atoms with E-state index in [1.54, 1.807) is 36.7 Å². The van der Waals surface area contributed by atoms with Crippen LogP contribution >= 0.6 is 31.9 Å². The van der Waals surface area contributed by atoms with Crippen molar-refractivity contribution in [3.63, 3.8) is 0 Å². The van der Waals surface area contributed by atoms with Crippen LogP contribution in [-0.2, 0) is 0 Å². The van der Waals surface area contributed by atoms with E-state index >= 15 is 0 Å². The summed E-state index contributed by atoms with van der Waals surface area (Å²) in [5.41, 5.74) is 1.32. The number of carbonyl (C=O) groups is 2. The topological polar surface area (TPSA) is 50.3 Å². The van der Waals surface area contributed by atoms with Crippen molar-refractivity contribution in [3.05, 3.63) is 56.7 Å². The highest BCUT2D eigenvalue weighted by molar-refractivity contribution is 9.10. The van der Waals surface area contributed by atoms with Crippen LogP contribution in [0, 0.1) is 0 Å². The third-order valence-electron chi connectivity index (χ3n) is 2.84. The van der Waals surface area contributed by atoms with Gasteiger partial charge in [0, 0.05) is 16.9 Å².